The lowest BCUT2D eigenvalue weighted by Crippen LogP contribution is -2.35. The van der Waals surface area contributed by atoms with Crippen LogP contribution in [0.15, 0.2) is 12.7 Å². The van der Waals surface area contributed by atoms with Crippen LogP contribution in [-0.2, 0) is 14.3 Å². The highest BCUT2D eigenvalue weighted by molar-refractivity contribution is 5.81. The summed E-state index contributed by atoms with van der Waals surface area (Å²) in [5.41, 5.74) is -0.793. The molecule has 0 bridgehead atoms. The number of ether oxygens (including phenoxy) is 1. The first-order valence-electron chi connectivity index (χ1n) is 7.50. The Labute approximate surface area is 134 Å². The largest absolute Gasteiger partial charge is 0.481 e. The molecule has 4 nitrogen and oxygen atoms in total. The first-order chi connectivity index (χ1) is 10.4. The Hall–Kier alpha value is -1.53. The Morgan fingerprint density at radius 1 is 1.17 bits per heavy atom. The number of carboxylic acids is 1. The zero-order chi connectivity index (χ0) is 18.3. The minimum absolute atomic E-state index is 0.182. The molecule has 7 heteroatoms. The maximum atomic E-state index is 12.2. The van der Waals surface area contributed by atoms with Crippen LogP contribution in [0.2, 0.25) is 0 Å². The van der Waals surface area contributed by atoms with E-state index in [1.807, 2.05) is 0 Å². The van der Waals surface area contributed by atoms with Crippen molar-refractivity contribution < 1.29 is 32.6 Å². The molecule has 0 saturated carbocycles. The van der Waals surface area contributed by atoms with E-state index in [9.17, 15) is 27.9 Å². The molecule has 0 aromatic heterocycles. The van der Waals surface area contributed by atoms with Gasteiger partial charge >= 0.3 is 18.1 Å². The zero-order valence-corrected chi connectivity index (χ0v) is 13.8. The quantitative estimate of drug-likeness (QED) is 0.502. The zero-order valence-electron chi connectivity index (χ0n) is 13.8. The van der Waals surface area contributed by atoms with Crippen molar-refractivity contribution in [2.24, 2.45) is 11.8 Å². The molecule has 0 heterocycles. The van der Waals surface area contributed by atoms with Crippen LogP contribution in [0, 0.1) is 11.8 Å². The first-order valence-corrected chi connectivity index (χ1v) is 7.50. The third kappa shape index (κ3) is 9.97. The van der Waals surface area contributed by atoms with Gasteiger partial charge in [-0.05, 0) is 46.5 Å². The highest BCUT2D eigenvalue weighted by Gasteiger charge is 2.37. The van der Waals surface area contributed by atoms with Crippen LogP contribution < -0.4 is 0 Å². The SMILES string of the molecule is C=CCCC(C(=O)OC(C)(C)C)C(CCCC(F)(F)F)C(=O)O. The van der Waals surface area contributed by atoms with Crippen LogP contribution in [0.3, 0.4) is 0 Å². The summed E-state index contributed by atoms with van der Waals surface area (Å²) in [5, 5.41) is 9.30. The highest BCUT2D eigenvalue weighted by Crippen LogP contribution is 2.30. The summed E-state index contributed by atoms with van der Waals surface area (Å²) in [7, 11) is 0. The number of carboxylic acid groups (broad SMARTS) is 1. The second kappa shape index (κ2) is 8.93. The number of carbonyl (C=O) groups is 2. The normalized spacial score (nSPS) is 14.9. The number of halogens is 3. The highest BCUT2D eigenvalue weighted by atomic mass is 19.4. The Morgan fingerprint density at radius 2 is 1.74 bits per heavy atom. The fraction of sp³-hybridized carbons (Fsp3) is 0.750. The van der Waals surface area contributed by atoms with E-state index < -0.39 is 42.0 Å². The number of alkyl halides is 3. The van der Waals surface area contributed by atoms with Gasteiger partial charge in [0.1, 0.15) is 5.60 Å². The van der Waals surface area contributed by atoms with Crippen molar-refractivity contribution in [3.8, 4) is 0 Å². The summed E-state index contributed by atoms with van der Waals surface area (Å²) in [5.74, 6) is -4.17. The van der Waals surface area contributed by atoms with Crippen molar-refractivity contribution in [3.05, 3.63) is 12.7 Å². The molecule has 134 valence electrons. The lowest BCUT2D eigenvalue weighted by Gasteiger charge is -2.27. The average molecular weight is 338 g/mol. The van der Waals surface area contributed by atoms with Gasteiger partial charge in [0.05, 0.1) is 11.8 Å². The number of allylic oxidation sites excluding steroid dienone is 1. The monoisotopic (exact) mass is 338 g/mol. The van der Waals surface area contributed by atoms with Gasteiger partial charge in [0.2, 0.25) is 0 Å². The van der Waals surface area contributed by atoms with Gasteiger partial charge in [-0.3, -0.25) is 9.59 Å². The van der Waals surface area contributed by atoms with Gasteiger partial charge in [0.25, 0.3) is 0 Å². The molecule has 0 amide bonds. The smallest absolute Gasteiger partial charge is 0.389 e. The fourth-order valence-corrected chi connectivity index (χ4v) is 2.18. The summed E-state index contributed by atoms with van der Waals surface area (Å²) in [6.45, 7) is 8.46. The number of rotatable bonds is 9. The molecule has 0 aliphatic carbocycles. The molecule has 0 saturated heterocycles. The fourth-order valence-electron chi connectivity index (χ4n) is 2.18. The molecule has 0 spiro atoms. The summed E-state index contributed by atoms with van der Waals surface area (Å²) in [6.07, 6.45) is -3.88. The van der Waals surface area contributed by atoms with Crippen LogP contribution >= 0.6 is 0 Å². The predicted molar refractivity (Wildman–Crippen MR) is 79.8 cm³/mol. The van der Waals surface area contributed by atoms with Crippen molar-refractivity contribution >= 4 is 11.9 Å². The van der Waals surface area contributed by atoms with E-state index in [1.165, 1.54) is 6.08 Å². The number of aliphatic carboxylic acids is 1. The number of hydrogen-bond donors (Lipinski definition) is 1. The Morgan fingerprint density at radius 3 is 2.13 bits per heavy atom. The Bertz CT molecular complexity index is 411. The van der Waals surface area contributed by atoms with E-state index in [0.29, 0.717) is 6.42 Å². The maximum absolute atomic E-state index is 12.2. The molecule has 1 N–H and O–H groups in total. The van der Waals surface area contributed by atoms with Gasteiger partial charge in [-0.15, -0.1) is 6.58 Å². The van der Waals surface area contributed by atoms with E-state index in [2.05, 4.69) is 6.58 Å². The molecule has 0 fully saturated rings. The third-order valence-electron chi connectivity index (χ3n) is 3.17. The van der Waals surface area contributed by atoms with E-state index in [0.717, 1.165) is 0 Å². The molecule has 0 aliphatic heterocycles. The van der Waals surface area contributed by atoms with Crippen LogP contribution in [0.1, 0.15) is 52.9 Å². The molecule has 2 unspecified atom stereocenters. The molecular weight excluding hydrogens is 313 g/mol. The number of carbonyl (C=O) groups excluding carboxylic acids is 1. The van der Waals surface area contributed by atoms with Crippen LogP contribution in [0.25, 0.3) is 0 Å². The maximum Gasteiger partial charge on any atom is 0.389 e. The van der Waals surface area contributed by atoms with Crippen molar-refractivity contribution in [2.75, 3.05) is 0 Å². The molecule has 23 heavy (non-hydrogen) atoms. The first kappa shape index (κ1) is 21.5. The molecule has 2 atom stereocenters. The van der Waals surface area contributed by atoms with Crippen molar-refractivity contribution in [3.63, 3.8) is 0 Å². The minimum atomic E-state index is -4.34. The Balaban J connectivity index is 5.06. The van der Waals surface area contributed by atoms with Gasteiger partial charge in [-0.1, -0.05) is 6.08 Å². The third-order valence-corrected chi connectivity index (χ3v) is 3.17. The van der Waals surface area contributed by atoms with Crippen molar-refractivity contribution in [1.29, 1.82) is 0 Å². The van der Waals surface area contributed by atoms with E-state index in [1.54, 1.807) is 20.8 Å². The standard InChI is InChI=1S/C16H25F3O4/c1-5-6-8-12(14(22)23-15(2,3)4)11(13(20)21)9-7-10-16(17,18)19/h5,11-12H,1,6-10H2,2-4H3,(H,20,21). The van der Waals surface area contributed by atoms with Gasteiger partial charge < -0.3 is 9.84 Å². The van der Waals surface area contributed by atoms with E-state index in [-0.39, 0.29) is 19.3 Å². The second-order valence-corrected chi connectivity index (χ2v) is 6.46. The van der Waals surface area contributed by atoms with Crippen LogP contribution in [0.5, 0.6) is 0 Å². The van der Waals surface area contributed by atoms with Crippen molar-refractivity contribution in [2.45, 2.75) is 64.7 Å². The summed E-state index contributed by atoms with van der Waals surface area (Å²) in [6, 6.07) is 0. The van der Waals surface area contributed by atoms with E-state index >= 15 is 0 Å². The average Bonchev–Trinajstić information content (AvgIpc) is 2.33. The second-order valence-electron chi connectivity index (χ2n) is 6.46. The molecule has 0 aromatic rings. The van der Waals surface area contributed by atoms with Gasteiger partial charge in [0, 0.05) is 6.42 Å². The lowest BCUT2D eigenvalue weighted by molar-refractivity contribution is -0.167. The van der Waals surface area contributed by atoms with E-state index in [4.69, 9.17) is 4.74 Å². The van der Waals surface area contributed by atoms with Crippen LogP contribution in [0.4, 0.5) is 13.2 Å². The van der Waals surface area contributed by atoms with Gasteiger partial charge in [-0.25, -0.2) is 0 Å². The summed E-state index contributed by atoms with van der Waals surface area (Å²) in [4.78, 5) is 23.6. The van der Waals surface area contributed by atoms with Gasteiger partial charge in [0.15, 0.2) is 0 Å². The van der Waals surface area contributed by atoms with Crippen LogP contribution in [-0.4, -0.2) is 28.8 Å². The molecule has 0 aliphatic rings. The lowest BCUT2D eigenvalue weighted by atomic mass is 9.84. The van der Waals surface area contributed by atoms with Crippen molar-refractivity contribution in [1.82, 2.24) is 0 Å². The summed E-state index contributed by atoms with van der Waals surface area (Å²) >= 11 is 0. The summed E-state index contributed by atoms with van der Waals surface area (Å²) < 4.78 is 41.9. The number of esters is 1. The number of hydrogen-bond acceptors (Lipinski definition) is 3. The molecule has 0 radical (unpaired) electrons. The predicted octanol–water partition coefficient (Wildman–Crippen LogP) is 4.34. The molecule has 0 rings (SSSR count). The molecular formula is C16H25F3O4. The molecule has 0 aromatic carbocycles. The topological polar surface area (TPSA) is 63.6 Å². The minimum Gasteiger partial charge on any atom is -0.481 e. The van der Waals surface area contributed by atoms with Gasteiger partial charge in [-0.2, -0.15) is 13.2 Å². The Kier molecular flexibility index (Phi) is 8.34.